The Kier molecular flexibility index (Phi) is 5.42. The van der Waals surface area contributed by atoms with E-state index in [1.54, 1.807) is 0 Å². The first-order valence-corrected chi connectivity index (χ1v) is 11.2. The van der Waals surface area contributed by atoms with E-state index >= 15 is 0 Å². The average Bonchev–Trinajstić information content (AvgIpc) is 3.41. The lowest BCUT2D eigenvalue weighted by Crippen LogP contribution is -2.26. The third-order valence-corrected chi connectivity index (χ3v) is 6.61. The first kappa shape index (κ1) is 20.1. The van der Waals surface area contributed by atoms with Crippen LogP contribution in [0.4, 0.5) is 17.2 Å². The predicted molar refractivity (Wildman–Crippen MR) is 129 cm³/mol. The largest absolute Gasteiger partial charge is 0.385 e. The number of imidazole rings is 1. The lowest BCUT2D eigenvalue weighted by atomic mass is 10.1. The average molecular weight is 435 g/mol. The molecule has 6 nitrogen and oxygen atoms in total. The van der Waals surface area contributed by atoms with E-state index in [-0.39, 0.29) is 0 Å². The zero-order valence-corrected chi connectivity index (χ0v) is 18.7. The summed E-state index contributed by atoms with van der Waals surface area (Å²) in [6.07, 6.45) is 7.44. The van der Waals surface area contributed by atoms with Gasteiger partial charge in [-0.1, -0.05) is 23.7 Å². The number of para-hydroxylation sites is 1. The van der Waals surface area contributed by atoms with E-state index in [9.17, 15) is 0 Å². The molecule has 2 N–H and O–H groups in total. The van der Waals surface area contributed by atoms with Crippen molar-refractivity contribution < 1.29 is 0 Å². The Balaban J connectivity index is 1.43. The number of anilines is 3. The molecular formula is C24H27ClN6. The summed E-state index contributed by atoms with van der Waals surface area (Å²) in [5.74, 6) is 0.742. The quantitative estimate of drug-likeness (QED) is 0.420. The van der Waals surface area contributed by atoms with Crippen LogP contribution in [0.3, 0.4) is 0 Å². The van der Waals surface area contributed by atoms with Crippen LogP contribution in [0.1, 0.15) is 24.8 Å². The van der Waals surface area contributed by atoms with Gasteiger partial charge in [-0.2, -0.15) is 0 Å². The predicted octanol–water partition coefficient (Wildman–Crippen LogP) is 5.48. The second kappa shape index (κ2) is 8.36. The van der Waals surface area contributed by atoms with Gasteiger partial charge in [-0.15, -0.1) is 0 Å². The summed E-state index contributed by atoms with van der Waals surface area (Å²) in [7, 11) is 2.23. The maximum atomic E-state index is 6.42. The van der Waals surface area contributed by atoms with E-state index in [0.717, 1.165) is 52.3 Å². The van der Waals surface area contributed by atoms with Gasteiger partial charge in [-0.25, -0.2) is 9.97 Å². The lowest BCUT2D eigenvalue weighted by Gasteiger charge is -2.19. The zero-order valence-electron chi connectivity index (χ0n) is 17.9. The minimum atomic E-state index is 0.673. The van der Waals surface area contributed by atoms with Crippen LogP contribution in [0.2, 0.25) is 5.02 Å². The molecule has 3 heterocycles. The highest BCUT2D eigenvalue weighted by atomic mass is 35.5. The summed E-state index contributed by atoms with van der Waals surface area (Å²) in [4.78, 5) is 11.7. The van der Waals surface area contributed by atoms with E-state index in [1.807, 2.05) is 37.6 Å². The topological polar surface area (TPSA) is 57.5 Å². The number of aryl methyl sites for hydroxylation is 1. The van der Waals surface area contributed by atoms with E-state index in [1.165, 1.54) is 19.4 Å². The van der Waals surface area contributed by atoms with Gasteiger partial charge in [0.1, 0.15) is 5.52 Å². The lowest BCUT2D eigenvalue weighted by molar-refractivity contribution is 0.301. The van der Waals surface area contributed by atoms with Gasteiger partial charge in [0.05, 0.1) is 34.3 Å². The Morgan fingerprint density at radius 1 is 1.19 bits per heavy atom. The summed E-state index contributed by atoms with van der Waals surface area (Å²) < 4.78 is 2.08. The molecule has 31 heavy (non-hydrogen) atoms. The molecule has 0 amide bonds. The molecule has 0 aliphatic carbocycles. The number of hydrogen-bond donors (Lipinski definition) is 2. The van der Waals surface area contributed by atoms with Gasteiger partial charge in [0.15, 0.2) is 5.82 Å². The van der Waals surface area contributed by atoms with Gasteiger partial charge < -0.3 is 15.5 Å². The van der Waals surface area contributed by atoms with Crippen LogP contribution in [0, 0.1) is 6.92 Å². The molecule has 1 fully saturated rings. The molecule has 1 saturated heterocycles. The number of aromatic nitrogens is 3. The smallest absolute Gasteiger partial charge is 0.157 e. The van der Waals surface area contributed by atoms with E-state index in [2.05, 4.69) is 50.2 Å². The monoisotopic (exact) mass is 434 g/mol. The van der Waals surface area contributed by atoms with Crippen molar-refractivity contribution in [2.45, 2.75) is 32.2 Å². The van der Waals surface area contributed by atoms with Crippen molar-refractivity contribution in [3.8, 4) is 0 Å². The second-order valence-electron chi connectivity index (χ2n) is 8.36. The van der Waals surface area contributed by atoms with E-state index in [0.29, 0.717) is 11.1 Å². The number of fused-ring (bicyclic) bond motifs is 3. The molecule has 1 unspecified atom stereocenters. The number of nitrogens with zero attached hydrogens (tertiary/aromatic N) is 4. The number of halogens is 1. The van der Waals surface area contributed by atoms with E-state index < -0.39 is 0 Å². The van der Waals surface area contributed by atoms with Crippen molar-refractivity contribution >= 4 is 45.3 Å². The van der Waals surface area contributed by atoms with Crippen molar-refractivity contribution in [2.24, 2.45) is 0 Å². The van der Waals surface area contributed by atoms with Gasteiger partial charge in [0, 0.05) is 18.3 Å². The zero-order chi connectivity index (χ0) is 21.4. The Bertz CT molecular complexity index is 1210. The van der Waals surface area contributed by atoms with Crippen molar-refractivity contribution in [1.29, 1.82) is 0 Å². The molecule has 0 spiro atoms. The maximum absolute atomic E-state index is 6.42. The van der Waals surface area contributed by atoms with Crippen LogP contribution in [0.15, 0.2) is 48.9 Å². The molecule has 2 aromatic carbocycles. The molecule has 0 bridgehead atoms. The van der Waals surface area contributed by atoms with Gasteiger partial charge in [-0.3, -0.25) is 4.40 Å². The van der Waals surface area contributed by atoms with Gasteiger partial charge in [0.25, 0.3) is 0 Å². The van der Waals surface area contributed by atoms with Crippen LogP contribution in [-0.4, -0.2) is 45.4 Å². The summed E-state index contributed by atoms with van der Waals surface area (Å²) in [5, 5.41) is 7.68. The molecule has 0 radical (unpaired) electrons. The minimum Gasteiger partial charge on any atom is -0.385 e. The van der Waals surface area contributed by atoms with Gasteiger partial charge in [0.2, 0.25) is 0 Å². The van der Waals surface area contributed by atoms with E-state index in [4.69, 9.17) is 16.6 Å². The number of rotatable bonds is 6. The fraction of sp³-hybridized carbons (Fsp3) is 0.333. The molecule has 1 aliphatic rings. The highest BCUT2D eigenvalue weighted by Gasteiger charge is 2.20. The fourth-order valence-corrected chi connectivity index (χ4v) is 4.76. The molecular weight excluding hydrogens is 408 g/mol. The Morgan fingerprint density at radius 3 is 2.90 bits per heavy atom. The normalized spacial score (nSPS) is 16.9. The number of hydrogen-bond acceptors (Lipinski definition) is 5. The molecule has 7 heteroatoms. The summed E-state index contributed by atoms with van der Waals surface area (Å²) in [5.41, 5.74) is 5.88. The molecule has 4 aromatic rings. The van der Waals surface area contributed by atoms with Gasteiger partial charge in [-0.05, 0) is 69.6 Å². The molecule has 160 valence electrons. The highest BCUT2D eigenvalue weighted by Crippen LogP contribution is 2.31. The molecule has 2 aromatic heterocycles. The Hall–Kier alpha value is -2.83. The molecule has 1 aliphatic heterocycles. The van der Waals surface area contributed by atoms with Crippen molar-refractivity contribution in [3.05, 3.63) is 59.5 Å². The number of nitrogens with one attached hydrogen (secondary N) is 2. The van der Waals surface area contributed by atoms with Crippen LogP contribution >= 0.6 is 11.6 Å². The third kappa shape index (κ3) is 3.93. The third-order valence-electron chi connectivity index (χ3n) is 6.29. The molecule has 0 saturated carbocycles. The molecule has 1 atom stereocenters. The van der Waals surface area contributed by atoms with Crippen LogP contribution in [0.25, 0.3) is 16.6 Å². The van der Waals surface area contributed by atoms with Crippen molar-refractivity contribution in [1.82, 2.24) is 19.3 Å². The first-order valence-electron chi connectivity index (χ1n) is 10.8. The maximum Gasteiger partial charge on any atom is 0.157 e. The Labute approximate surface area is 187 Å². The summed E-state index contributed by atoms with van der Waals surface area (Å²) in [6, 6.07) is 12.9. The van der Waals surface area contributed by atoms with Crippen molar-refractivity contribution in [2.75, 3.05) is 30.8 Å². The van der Waals surface area contributed by atoms with Crippen LogP contribution in [0.5, 0.6) is 0 Å². The van der Waals surface area contributed by atoms with Gasteiger partial charge >= 0.3 is 0 Å². The van der Waals surface area contributed by atoms with Crippen molar-refractivity contribution in [3.63, 3.8) is 0 Å². The SMILES string of the molecule is Cc1cccc(Cl)c1Nc1nc2ccc(NCCC3CCCN3C)cc2n2cncc12. The first-order chi connectivity index (χ1) is 15.1. The van der Waals surface area contributed by atoms with Crippen LogP contribution < -0.4 is 10.6 Å². The standard InChI is InChI=1S/C24H27ClN6/c1-16-5-3-7-19(25)23(16)29-24-22-14-26-15-31(22)21-13-17(8-9-20(21)28-24)27-11-10-18-6-4-12-30(18)2/h3,5,7-9,13-15,18,27H,4,6,10-12H2,1-2H3,(H,28,29). The highest BCUT2D eigenvalue weighted by molar-refractivity contribution is 6.33. The fourth-order valence-electron chi connectivity index (χ4n) is 4.49. The summed E-state index contributed by atoms with van der Waals surface area (Å²) in [6.45, 7) is 4.21. The minimum absolute atomic E-state index is 0.673. The molecule has 5 rings (SSSR count). The Morgan fingerprint density at radius 2 is 2.10 bits per heavy atom. The second-order valence-corrected chi connectivity index (χ2v) is 8.77. The van der Waals surface area contributed by atoms with Crippen LogP contribution in [-0.2, 0) is 0 Å². The number of benzene rings is 2. The number of likely N-dealkylation sites (tertiary alicyclic amines) is 1. The summed E-state index contributed by atoms with van der Waals surface area (Å²) >= 11 is 6.42.